The van der Waals surface area contributed by atoms with E-state index in [0.717, 1.165) is 19.4 Å². The van der Waals surface area contributed by atoms with Crippen molar-refractivity contribution in [1.29, 1.82) is 0 Å². The Morgan fingerprint density at radius 2 is 1.96 bits per heavy atom. The highest BCUT2D eigenvalue weighted by Crippen LogP contribution is 2.60. The van der Waals surface area contributed by atoms with E-state index in [9.17, 15) is 4.79 Å². The van der Waals surface area contributed by atoms with Crippen LogP contribution in [-0.2, 0) is 4.79 Å². The highest BCUT2D eigenvalue weighted by atomic mass is 16.2. The van der Waals surface area contributed by atoms with Gasteiger partial charge >= 0.3 is 0 Å². The standard InChI is InChI=1S/C21H29NO/c1-14(2)13-17-19(21(17,4)5)20(23)22-12-8-11-18(22)16-10-7-6-9-15(16)3/h6-7,9-10,13,17-19H,8,11-12H2,1-5H3/t17-,18+,19+/m1/s1. The largest absolute Gasteiger partial charge is 0.335 e. The zero-order chi connectivity index (χ0) is 16.8. The topological polar surface area (TPSA) is 20.3 Å². The first-order valence-corrected chi connectivity index (χ1v) is 8.85. The van der Waals surface area contributed by atoms with E-state index in [1.165, 1.54) is 16.7 Å². The Hall–Kier alpha value is -1.57. The number of carbonyl (C=O) groups is 1. The molecule has 3 rings (SSSR count). The first-order chi connectivity index (χ1) is 10.8. The molecular weight excluding hydrogens is 282 g/mol. The predicted molar refractivity (Wildman–Crippen MR) is 95.1 cm³/mol. The van der Waals surface area contributed by atoms with Crippen LogP contribution in [0.2, 0.25) is 0 Å². The molecule has 1 aliphatic carbocycles. The number of benzene rings is 1. The Balaban J connectivity index is 1.83. The number of nitrogens with zero attached hydrogens (tertiary/aromatic N) is 1. The summed E-state index contributed by atoms with van der Waals surface area (Å²) in [6.07, 6.45) is 4.50. The van der Waals surface area contributed by atoms with E-state index in [2.05, 4.69) is 69.9 Å². The zero-order valence-electron chi connectivity index (χ0n) is 15.1. The van der Waals surface area contributed by atoms with E-state index >= 15 is 0 Å². The smallest absolute Gasteiger partial charge is 0.227 e. The summed E-state index contributed by atoms with van der Waals surface area (Å²) < 4.78 is 0. The van der Waals surface area contributed by atoms with E-state index < -0.39 is 0 Å². The lowest BCUT2D eigenvalue weighted by molar-refractivity contribution is -0.134. The molecule has 2 fully saturated rings. The van der Waals surface area contributed by atoms with Crippen LogP contribution in [0.3, 0.4) is 0 Å². The van der Waals surface area contributed by atoms with E-state index in [1.807, 2.05) is 0 Å². The molecule has 1 amide bonds. The Labute approximate surface area is 140 Å². The Morgan fingerprint density at radius 1 is 1.26 bits per heavy atom. The van der Waals surface area contributed by atoms with Crippen molar-refractivity contribution in [2.75, 3.05) is 6.54 Å². The van der Waals surface area contributed by atoms with Gasteiger partial charge in [-0.2, -0.15) is 0 Å². The normalized spacial score (nSPS) is 28.6. The van der Waals surface area contributed by atoms with Crippen molar-refractivity contribution in [3.63, 3.8) is 0 Å². The number of carbonyl (C=O) groups excluding carboxylic acids is 1. The summed E-state index contributed by atoms with van der Waals surface area (Å²) in [5.74, 6) is 0.920. The second kappa shape index (κ2) is 5.81. The average Bonchev–Trinajstić information content (AvgIpc) is 2.86. The van der Waals surface area contributed by atoms with Crippen molar-refractivity contribution in [3.8, 4) is 0 Å². The van der Waals surface area contributed by atoms with Gasteiger partial charge in [-0.15, -0.1) is 0 Å². The van der Waals surface area contributed by atoms with Crippen LogP contribution < -0.4 is 0 Å². The minimum absolute atomic E-state index is 0.104. The quantitative estimate of drug-likeness (QED) is 0.727. The minimum atomic E-state index is 0.104. The van der Waals surface area contributed by atoms with Gasteiger partial charge in [0.05, 0.1) is 12.0 Å². The molecule has 0 aromatic heterocycles. The van der Waals surface area contributed by atoms with Crippen LogP contribution in [-0.4, -0.2) is 17.4 Å². The summed E-state index contributed by atoms with van der Waals surface area (Å²) in [6.45, 7) is 11.8. The van der Waals surface area contributed by atoms with Crippen molar-refractivity contribution in [3.05, 3.63) is 47.0 Å². The molecule has 0 bridgehead atoms. The molecule has 1 aromatic carbocycles. The predicted octanol–water partition coefficient (Wildman–Crippen LogP) is 4.90. The Bertz CT molecular complexity index is 639. The van der Waals surface area contributed by atoms with Crippen LogP contribution in [0.5, 0.6) is 0 Å². The molecule has 2 heteroatoms. The van der Waals surface area contributed by atoms with Gasteiger partial charge in [0.25, 0.3) is 0 Å². The average molecular weight is 311 g/mol. The summed E-state index contributed by atoms with van der Waals surface area (Å²) in [5, 5.41) is 0. The fourth-order valence-electron chi connectivity index (χ4n) is 4.31. The highest BCUT2D eigenvalue weighted by Gasteiger charge is 2.61. The van der Waals surface area contributed by atoms with Crippen molar-refractivity contribution in [1.82, 2.24) is 4.90 Å². The third-order valence-electron chi connectivity index (χ3n) is 5.77. The summed E-state index contributed by atoms with van der Waals surface area (Å²) in [7, 11) is 0. The van der Waals surface area contributed by atoms with Crippen LogP contribution in [0.1, 0.15) is 57.7 Å². The molecule has 1 saturated heterocycles. The van der Waals surface area contributed by atoms with Gasteiger partial charge in [-0.3, -0.25) is 4.79 Å². The molecule has 2 aliphatic rings. The van der Waals surface area contributed by atoms with Gasteiger partial charge in [-0.05, 0) is 56.1 Å². The molecule has 1 heterocycles. The molecule has 124 valence electrons. The van der Waals surface area contributed by atoms with Crippen LogP contribution in [0.4, 0.5) is 0 Å². The lowest BCUT2D eigenvalue weighted by atomic mass is 9.99. The van der Waals surface area contributed by atoms with Crippen LogP contribution in [0.25, 0.3) is 0 Å². The number of hydrogen-bond donors (Lipinski definition) is 0. The second-order valence-corrected chi connectivity index (χ2v) is 8.12. The third kappa shape index (κ3) is 2.84. The van der Waals surface area contributed by atoms with Crippen molar-refractivity contribution in [2.24, 2.45) is 17.3 Å². The summed E-state index contributed by atoms with van der Waals surface area (Å²) in [4.78, 5) is 15.4. The maximum atomic E-state index is 13.2. The molecule has 1 saturated carbocycles. The second-order valence-electron chi connectivity index (χ2n) is 8.12. The molecule has 2 nitrogen and oxygen atoms in total. The van der Waals surface area contributed by atoms with Gasteiger partial charge in [-0.25, -0.2) is 0 Å². The zero-order valence-corrected chi connectivity index (χ0v) is 15.1. The van der Waals surface area contributed by atoms with Crippen LogP contribution in [0, 0.1) is 24.2 Å². The minimum Gasteiger partial charge on any atom is -0.335 e. The molecule has 1 aliphatic heterocycles. The van der Waals surface area contributed by atoms with Gasteiger partial charge in [0.15, 0.2) is 0 Å². The maximum Gasteiger partial charge on any atom is 0.227 e. The molecule has 0 spiro atoms. The lowest BCUT2D eigenvalue weighted by Crippen LogP contribution is -2.33. The van der Waals surface area contributed by atoms with E-state index in [1.54, 1.807) is 0 Å². The van der Waals surface area contributed by atoms with Gasteiger partial charge in [0.1, 0.15) is 0 Å². The third-order valence-corrected chi connectivity index (χ3v) is 5.77. The van der Waals surface area contributed by atoms with Crippen molar-refractivity contribution in [2.45, 2.75) is 53.5 Å². The van der Waals surface area contributed by atoms with Crippen LogP contribution >= 0.6 is 0 Å². The Kier molecular flexibility index (Phi) is 4.12. The van der Waals surface area contributed by atoms with Crippen molar-refractivity contribution < 1.29 is 4.79 Å². The van der Waals surface area contributed by atoms with E-state index in [-0.39, 0.29) is 17.4 Å². The van der Waals surface area contributed by atoms with Gasteiger partial charge in [0, 0.05) is 6.54 Å². The lowest BCUT2D eigenvalue weighted by Gasteiger charge is -2.27. The van der Waals surface area contributed by atoms with E-state index in [4.69, 9.17) is 0 Å². The number of allylic oxidation sites excluding steroid dienone is 2. The van der Waals surface area contributed by atoms with E-state index in [0.29, 0.717) is 11.8 Å². The summed E-state index contributed by atoms with van der Waals surface area (Å²) in [6, 6.07) is 8.79. The summed E-state index contributed by atoms with van der Waals surface area (Å²) in [5.41, 5.74) is 4.05. The molecule has 0 unspecified atom stereocenters. The van der Waals surface area contributed by atoms with Crippen molar-refractivity contribution >= 4 is 5.91 Å². The van der Waals surface area contributed by atoms with Gasteiger partial charge < -0.3 is 4.90 Å². The SMILES string of the molecule is CC(C)=C[C@@H]1[C@@H](C(=O)N2CCC[C@H]2c2ccccc2C)C1(C)C. The Morgan fingerprint density at radius 3 is 2.61 bits per heavy atom. The first-order valence-electron chi connectivity index (χ1n) is 8.85. The molecule has 1 aromatic rings. The first kappa shape index (κ1) is 16.3. The summed E-state index contributed by atoms with van der Waals surface area (Å²) >= 11 is 0. The van der Waals surface area contributed by atoms with Gasteiger partial charge in [-0.1, -0.05) is 49.8 Å². The monoisotopic (exact) mass is 311 g/mol. The number of amides is 1. The van der Waals surface area contributed by atoms with Crippen LogP contribution in [0.15, 0.2) is 35.9 Å². The molecular formula is C21H29NO. The van der Waals surface area contributed by atoms with Gasteiger partial charge in [0.2, 0.25) is 5.91 Å². The number of aryl methyl sites for hydroxylation is 1. The molecule has 0 N–H and O–H groups in total. The molecule has 3 atom stereocenters. The fourth-order valence-corrected chi connectivity index (χ4v) is 4.31. The number of hydrogen-bond acceptors (Lipinski definition) is 1. The molecule has 0 radical (unpaired) electrons. The molecule has 23 heavy (non-hydrogen) atoms. The fraction of sp³-hybridized carbons (Fsp3) is 0.571. The maximum absolute atomic E-state index is 13.2. The number of likely N-dealkylation sites (tertiary alicyclic amines) is 1. The highest BCUT2D eigenvalue weighted by molar-refractivity contribution is 5.84. The number of rotatable bonds is 3.